The molecule has 3 aromatic rings. The molecule has 0 radical (unpaired) electrons. The topological polar surface area (TPSA) is 115 Å². The number of carbonyl (C=O) groups excluding carboxylic acids is 4. The predicted molar refractivity (Wildman–Crippen MR) is 123 cm³/mol. The van der Waals surface area contributed by atoms with E-state index in [4.69, 9.17) is 0 Å². The summed E-state index contributed by atoms with van der Waals surface area (Å²) in [7, 11) is 0. The highest BCUT2D eigenvalue weighted by molar-refractivity contribution is 6.16. The number of hydrogen-bond donors (Lipinski definition) is 3. The van der Waals surface area contributed by atoms with E-state index in [0.29, 0.717) is 17.8 Å². The molecule has 9 nitrogen and oxygen atoms in total. The Morgan fingerprint density at radius 2 is 1.76 bits per heavy atom. The molecule has 1 atom stereocenters. The van der Waals surface area contributed by atoms with Crippen molar-refractivity contribution in [3.63, 3.8) is 0 Å². The molecule has 2 aromatic carbocycles. The second-order valence-corrected chi connectivity index (χ2v) is 8.75. The largest absolute Gasteiger partial charge is 0.361 e. The molecule has 168 valence electrons. The van der Waals surface area contributed by atoms with Gasteiger partial charge in [0.15, 0.2) is 0 Å². The Morgan fingerprint density at radius 3 is 2.58 bits per heavy atom. The van der Waals surface area contributed by atoms with Gasteiger partial charge < -0.3 is 15.6 Å². The van der Waals surface area contributed by atoms with Gasteiger partial charge in [0.1, 0.15) is 18.1 Å². The quantitative estimate of drug-likeness (QED) is 0.535. The third kappa shape index (κ3) is 3.32. The van der Waals surface area contributed by atoms with Crippen LogP contribution in [-0.2, 0) is 20.8 Å². The van der Waals surface area contributed by atoms with Crippen molar-refractivity contribution in [3.8, 4) is 0 Å². The van der Waals surface area contributed by atoms with E-state index in [0.717, 1.165) is 21.4 Å². The maximum absolute atomic E-state index is 13.3. The van der Waals surface area contributed by atoms with Gasteiger partial charge in [-0.3, -0.25) is 24.2 Å². The highest BCUT2D eigenvalue weighted by Crippen LogP contribution is 2.36. The van der Waals surface area contributed by atoms with E-state index in [1.54, 1.807) is 38.1 Å². The number of amides is 5. The fourth-order valence-electron chi connectivity index (χ4n) is 4.49. The van der Waals surface area contributed by atoms with E-state index in [1.165, 1.54) is 4.90 Å². The molecule has 0 bridgehead atoms. The third-order valence-electron chi connectivity index (χ3n) is 6.26. The molecule has 1 aromatic heterocycles. The van der Waals surface area contributed by atoms with E-state index in [-0.39, 0.29) is 5.91 Å². The van der Waals surface area contributed by atoms with E-state index >= 15 is 0 Å². The summed E-state index contributed by atoms with van der Waals surface area (Å²) in [4.78, 5) is 57.1. The first kappa shape index (κ1) is 20.7. The van der Waals surface area contributed by atoms with Gasteiger partial charge >= 0.3 is 6.03 Å². The lowest BCUT2D eigenvalue weighted by atomic mass is 9.96. The Labute approximate surface area is 189 Å². The van der Waals surface area contributed by atoms with Gasteiger partial charge in [0.05, 0.1) is 11.4 Å². The molecule has 5 amide bonds. The summed E-state index contributed by atoms with van der Waals surface area (Å²) in [5.74, 6) is -1.33. The zero-order valence-corrected chi connectivity index (χ0v) is 18.2. The molecular weight excluding hydrogens is 422 g/mol. The van der Waals surface area contributed by atoms with Gasteiger partial charge in [0, 0.05) is 23.5 Å². The van der Waals surface area contributed by atoms with Gasteiger partial charge in [-0.25, -0.2) is 4.79 Å². The molecule has 0 saturated carbocycles. The smallest absolute Gasteiger partial charge is 0.325 e. The van der Waals surface area contributed by atoms with Crippen LogP contribution in [0.15, 0.2) is 54.7 Å². The van der Waals surface area contributed by atoms with Crippen molar-refractivity contribution >= 4 is 46.0 Å². The van der Waals surface area contributed by atoms with Crippen LogP contribution in [0.5, 0.6) is 0 Å². The second-order valence-electron chi connectivity index (χ2n) is 8.75. The molecule has 5 rings (SSSR count). The average molecular weight is 445 g/mol. The Morgan fingerprint density at radius 1 is 1.03 bits per heavy atom. The van der Waals surface area contributed by atoms with Gasteiger partial charge in [-0.05, 0) is 37.6 Å². The molecule has 9 heteroatoms. The zero-order chi connectivity index (χ0) is 23.3. The van der Waals surface area contributed by atoms with Crippen LogP contribution in [0.2, 0.25) is 0 Å². The zero-order valence-electron chi connectivity index (χ0n) is 18.2. The van der Waals surface area contributed by atoms with Crippen LogP contribution < -0.4 is 15.5 Å². The number of H-pyrrole nitrogens is 1. The monoisotopic (exact) mass is 445 g/mol. The van der Waals surface area contributed by atoms with Crippen molar-refractivity contribution in [1.82, 2.24) is 15.2 Å². The Balaban J connectivity index is 1.37. The summed E-state index contributed by atoms with van der Waals surface area (Å²) in [6.07, 6.45) is 2.13. The molecule has 0 aliphatic carbocycles. The molecule has 3 N–H and O–H groups in total. The third-order valence-corrected chi connectivity index (χ3v) is 6.26. The second kappa shape index (κ2) is 7.47. The number of nitrogens with zero attached hydrogens (tertiary/aromatic N) is 2. The van der Waals surface area contributed by atoms with Crippen LogP contribution in [0.25, 0.3) is 10.9 Å². The van der Waals surface area contributed by atoms with Crippen LogP contribution in [-0.4, -0.2) is 51.8 Å². The highest BCUT2D eigenvalue weighted by Gasteiger charge is 2.46. The van der Waals surface area contributed by atoms with Crippen molar-refractivity contribution in [2.75, 3.05) is 16.8 Å². The Hall–Kier alpha value is -4.14. The first-order chi connectivity index (χ1) is 15.8. The van der Waals surface area contributed by atoms with Crippen molar-refractivity contribution in [1.29, 1.82) is 0 Å². The number of aromatic nitrogens is 1. The standard InChI is InChI=1S/C24H23N5O4/c1-24(2)22(32)26-17-9-5-6-10-19(17)29(24)20(30)13-28-21(31)18(27-23(28)33)11-14-12-25-16-8-4-3-7-15(14)16/h3-10,12,18,25H,11,13H2,1-2H3,(H,26,32)(H,27,33)/t18-/m1/s1. The van der Waals surface area contributed by atoms with Gasteiger partial charge in [-0.15, -0.1) is 0 Å². The number of carbonyl (C=O) groups is 4. The van der Waals surface area contributed by atoms with Crippen LogP contribution >= 0.6 is 0 Å². The van der Waals surface area contributed by atoms with Crippen LogP contribution in [0, 0.1) is 0 Å². The van der Waals surface area contributed by atoms with Crippen molar-refractivity contribution < 1.29 is 19.2 Å². The van der Waals surface area contributed by atoms with Gasteiger partial charge in [-0.2, -0.15) is 0 Å². The molecule has 3 heterocycles. The van der Waals surface area contributed by atoms with Crippen molar-refractivity contribution in [3.05, 3.63) is 60.3 Å². The molecule has 0 unspecified atom stereocenters. The first-order valence-corrected chi connectivity index (χ1v) is 10.7. The molecule has 2 aliphatic heterocycles. The fourth-order valence-corrected chi connectivity index (χ4v) is 4.49. The minimum Gasteiger partial charge on any atom is -0.361 e. The van der Waals surface area contributed by atoms with E-state index in [2.05, 4.69) is 15.6 Å². The van der Waals surface area contributed by atoms with E-state index < -0.39 is 36.0 Å². The number of rotatable bonds is 4. The first-order valence-electron chi connectivity index (χ1n) is 10.7. The Bertz CT molecular complexity index is 1310. The average Bonchev–Trinajstić information content (AvgIpc) is 3.30. The number of fused-ring (bicyclic) bond motifs is 2. The molecule has 33 heavy (non-hydrogen) atoms. The van der Waals surface area contributed by atoms with Crippen LogP contribution in [0.3, 0.4) is 0 Å². The predicted octanol–water partition coefficient (Wildman–Crippen LogP) is 2.39. The summed E-state index contributed by atoms with van der Waals surface area (Å²) in [5, 5.41) is 6.46. The molecule has 1 fully saturated rings. The number of urea groups is 1. The fraction of sp³-hybridized carbons (Fsp3) is 0.250. The lowest BCUT2D eigenvalue weighted by Gasteiger charge is -2.42. The Kier molecular flexibility index (Phi) is 4.70. The number of nitrogens with one attached hydrogen (secondary N) is 3. The molecule has 2 aliphatic rings. The normalized spacial score (nSPS) is 19.5. The lowest BCUT2D eigenvalue weighted by molar-refractivity contribution is -0.132. The highest BCUT2D eigenvalue weighted by atomic mass is 16.2. The summed E-state index contributed by atoms with van der Waals surface area (Å²) in [5.41, 5.74) is 1.69. The summed E-state index contributed by atoms with van der Waals surface area (Å²) >= 11 is 0. The summed E-state index contributed by atoms with van der Waals surface area (Å²) in [6.45, 7) is 2.80. The number of benzene rings is 2. The maximum Gasteiger partial charge on any atom is 0.325 e. The minimum atomic E-state index is -1.19. The summed E-state index contributed by atoms with van der Waals surface area (Å²) in [6, 6.07) is 13.3. The van der Waals surface area contributed by atoms with Crippen molar-refractivity contribution in [2.24, 2.45) is 0 Å². The molecular formula is C24H23N5O4. The molecule has 0 spiro atoms. The number of imide groups is 1. The number of hydrogen-bond acceptors (Lipinski definition) is 4. The van der Waals surface area contributed by atoms with Gasteiger partial charge in [0.25, 0.3) is 5.91 Å². The van der Waals surface area contributed by atoms with Crippen molar-refractivity contribution in [2.45, 2.75) is 31.8 Å². The lowest BCUT2D eigenvalue weighted by Crippen LogP contribution is -2.60. The molecule has 1 saturated heterocycles. The van der Waals surface area contributed by atoms with Crippen LogP contribution in [0.1, 0.15) is 19.4 Å². The number of para-hydroxylation sites is 3. The number of anilines is 2. The SMILES string of the molecule is CC1(C)C(=O)Nc2ccccc2N1C(=O)CN1C(=O)N[C@H](Cc2c[nH]c3ccccc23)C1=O. The maximum atomic E-state index is 13.3. The van der Waals surface area contributed by atoms with Gasteiger partial charge in [-0.1, -0.05) is 30.3 Å². The summed E-state index contributed by atoms with van der Waals surface area (Å²) < 4.78 is 0. The van der Waals surface area contributed by atoms with E-state index in [9.17, 15) is 19.2 Å². The van der Waals surface area contributed by atoms with Crippen LogP contribution in [0.4, 0.5) is 16.2 Å². The van der Waals surface area contributed by atoms with E-state index in [1.807, 2.05) is 30.5 Å². The number of aromatic amines is 1. The minimum absolute atomic E-state index is 0.305. The van der Waals surface area contributed by atoms with Gasteiger partial charge in [0.2, 0.25) is 11.8 Å².